The average Bonchev–Trinajstić information content (AvgIpc) is 3.44. The minimum Gasteiger partial charge on any atom is -0.503 e. The molecule has 60 heavy (non-hydrogen) atoms. The second-order valence-electron chi connectivity index (χ2n) is 22.4. The number of aryl methyl sites for hydroxylation is 3. The number of pyridine rings is 2. The molecule has 6 aromatic rings. The van der Waals surface area contributed by atoms with E-state index in [-0.39, 0.29) is 26.5 Å². The number of benzene rings is 3. The Bertz CT molecular complexity index is 2550. The molecule has 0 spiro atoms. The molecule has 3 heterocycles. The van der Waals surface area contributed by atoms with Gasteiger partial charge in [-0.05, 0) is 149 Å². The van der Waals surface area contributed by atoms with Crippen molar-refractivity contribution in [1.82, 2.24) is 14.5 Å². The van der Waals surface area contributed by atoms with Crippen LogP contribution in [0.4, 0.5) is 0 Å². The first-order valence-electron chi connectivity index (χ1n) is 22.2. The molecule has 3 unspecified atom stereocenters. The fourth-order valence-corrected chi connectivity index (χ4v) is 13.4. The SMILES string of the molecule is Cc1cnc(-n2c3[c-]c(Oc4[c-]c(-c5cc(C6CCC(C)(C7C(C)(C)CC(C)(C)CC7(C)C)CC6C)c(C)cn5)ccc4)ccc3c3cc(C(C)(C)C)ccc32)cc1C.[Pt+2]. The summed E-state index contributed by atoms with van der Waals surface area (Å²) in [5, 5.41) is 2.31. The van der Waals surface area contributed by atoms with Crippen LogP contribution < -0.4 is 4.74 Å². The van der Waals surface area contributed by atoms with E-state index in [1.807, 2.05) is 18.3 Å². The number of nitrogens with zero attached hydrogens (tertiary/aromatic N) is 3. The Morgan fingerprint density at radius 1 is 0.750 bits per heavy atom. The summed E-state index contributed by atoms with van der Waals surface area (Å²) in [6.45, 7) is 33.7. The summed E-state index contributed by atoms with van der Waals surface area (Å²) in [6, 6.07) is 28.9. The molecule has 318 valence electrons. The minimum atomic E-state index is 0. The molecule has 3 aromatic carbocycles. The quantitative estimate of drug-likeness (QED) is 0.156. The van der Waals surface area contributed by atoms with Gasteiger partial charge in [0.1, 0.15) is 5.82 Å². The molecule has 0 bridgehead atoms. The van der Waals surface area contributed by atoms with Gasteiger partial charge in [0.15, 0.2) is 0 Å². The van der Waals surface area contributed by atoms with E-state index in [4.69, 9.17) is 14.7 Å². The third-order valence-corrected chi connectivity index (χ3v) is 14.5. The van der Waals surface area contributed by atoms with Crippen LogP contribution >= 0.6 is 0 Å². The van der Waals surface area contributed by atoms with Crippen molar-refractivity contribution in [3.8, 4) is 28.6 Å². The summed E-state index contributed by atoms with van der Waals surface area (Å²) in [7, 11) is 0. The van der Waals surface area contributed by atoms with Crippen molar-refractivity contribution in [2.24, 2.45) is 33.5 Å². The van der Waals surface area contributed by atoms with Gasteiger partial charge in [-0.2, -0.15) is 6.07 Å². The van der Waals surface area contributed by atoms with E-state index in [1.54, 1.807) is 0 Å². The van der Waals surface area contributed by atoms with Gasteiger partial charge in [0.25, 0.3) is 0 Å². The van der Waals surface area contributed by atoms with E-state index in [2.05, 4.69) is 168 Å². The van der Waals surface area contributed by atoms with Gasteiger partial charge in [-0.15, -0.1) is 41.3 Å². The minimum absolute atomic E-state index is 0. The summed E-state index contributed by atoms with van der Waals surface area (Å²) >= 11 is 0. The van der Waals surface area contributed by atoms with Crippen molar-refractivity contribution in [3.05, 3.63) is 113 Å². The molecular formula is C55H67N3OPt. The Morgan fingerprint density at radius 2 is 1.43 bits per heavy atom. The van der Waals surface area contributed by atoms with Gasteiger partial charge in [0.2, 0.25) is 0 Å². The van der Waals surface area contributed by atoms with Crippen molar-refractivity contribution in [2.75, 3.05) is 0 Å². The second-order valence-corrected chi connectivity index (χ2v) is 22.4. The van der Waals surface area contributed by atoms with E-state index >= 15 is 0 Å². The summed E-state index contributed by atoms with van der Waals surface area (Å²) in [5.74, 6) is 3.95. The molecule has 3 atom stereocenters. The van der Waals surface area contributed by atoms with Crippen molar-refractivity contribution in [2.45, 2.75) is 140 Å². The molecular weight excluding hydrogens is 914 g/mol. The van der Waals surface area contributed by atoms with Crippen LogP contribution in [-0.4, -0.2) is 14.5 Å². The van der Waals surface area contributed by atoms with E-state index in [9.17, 15) is 0 Å². The smallest absolute Gasteiger partial charge is 0.503 e. The Labute approximate surface area is 375 Å². The van der Waals surface area contributed by atoms with Crippen molar-refractivity contribution >= 4 is 21.8 Å². The van der Waals surface area contributed by atoms with Gasteiger partial charge in [-0.3, -0.25) is 0 Å². The number of ether oxygens (including phenoxy) is 1. The average molecular weight is 981 g/mol. The second kappa shape index (κ2) is 15.6. The van der Waals surface area contributed by atoms with Gasteiger partial charge < -0.3 is 14.3 Å². The van der Waals surface area contributed by atoms with Crippen LogP contribution in [0.5, 0.6) is 11.5 Å². The van der Waals surface area contributed by atoms with Crippen molar-refractivity contribution in [1.29, 1.82) is 0 Å². The molecule has 2 aliphatic carbocycles. The standard InChI is InChI=1S/C55H67N3O.Pt/c1-34-24-49(57-30-36(34)3)58-47-21-18-39(51(5,6)7)26-45(47)43-20-19-41(27-48(43)58)59-40-17-15-16-38(25-40)46-28-44(37(4)31-56-46)42-22-23-55(14,29-35(42)2)50-53(10,11)32-52(8,9)33-54(50,12)13;/h15-21,24,26,28,30-31,35,42,50H,22-23,29,32-33H2,1-14H3;/q-2;+2. The van der Waals surface area contributed by atoms with Gasteiger partial charge in [-0.1, -0.05) is 106 Å². The van der Waals surface area contributed by atoms with Gasteiger partial charge in [0, 0.05) is 29.4 Å². The molecule has 0 radical (unpaired) electrons. The summed E-state index contributed by atoms with van der Waals surface area (Å²) in [4.78, 5) is 9.87. The molecule has 8 rings (SSSR count). The molecule has 2 saturated carbocycles. The molecule has 0 amide bonds. The predicted octanol–water partition coefficient (Wildman–Crippen LogP) is 15.3. The van der Waals surface area contributed by atoms with Crippen LogP contribution in [0.25, 0.3) is 38.9 Å². The molecule has 0 N–H and O–H groups in total. The van der Waals surface area contributed by atoms with E-state index in [0.717, 1.165) is 33.5 Å². The van der Waals surface area contributed by atoms with Crippen molar-refractivity contribution < 1.29 is 25.8 Å². The predicted molar refractivity (Wildman–Crippen MR) is 247 cm³/mol. The van der Waals surface area contributed by atoms with Crippen LogP contribution in [0, 0.1) is 66.4 Å². The number of fused-ring (bicyclic) bond motifs is 3. The summed E-state index contributed by atoms with van der Waals surface area (Å²) in [5.41, 5.74) is 11.7. The summed E-state index contributed by atoms with van der Waals surface area (Å²) < 4.78 is 8.82. The number of hydrogen-bond acceptors (Lipinski definition) is 3. The Hall–Kier alpha value is -3.75. The number of rotatable bonds is 6. The number of aromatic nitrogens is 3. The zero-order valence-corrected chi connectivity index (χ0v) is 41.0. The van der Waals surface area contributed by atoms with Crippen LogP contribution in [0.15, 0.2) is 73.1 Å². The Kier molecular flexibility index (Phi) is 11.5. The van der Waals surface area contributed by atoms with Gasteiger partial charge in [0.05, 0.1) is 0 Å². The first-order chi connectivity index (χ1) is 27.6. The third-order valence-electron chi connectivity index (χ3n) is 14.5. The molecule has 2 aliphatic rings. The van der Waals surface area contributed by atoms with Gasteiger partial charge in [-0.25, -0.2) is 4.98 Å². The van der Waals surface area contributed by atoms with E-state index in [0.29, 0.717) is 50.9 Å². The Morgan fingerprint density at radius 3 is 2.10 bits per heavy atom. The molecule has 5 heteroatoms. The zero-order chi connectivity index (χ0) is 42.4. The summed E-state index contributed by atoms with van der Waals surface area (Å²) in [6.07, 6.45) is 10.4. The maximum absolute atomic E-state index is 6.60. The molecule has 0 aliphatic heterocycles. The van der Waals surface area contributed by atoms with Crippen LogP contribution in [0.2, 0.25) is 0 Å². The third kappa shape index (κ3) is 8.17. The molecule has 3 aromatic heterocycles. The first-order valence-corrected chi connectivity index (χ1v) is 22.2. The van der Waals surface area contributed by atoms with E-state index in [1.165, 1.54) is 65.3 Å². The normalized spacial score (nSPS) is 22.8. The van der Waals surface area contributed by atoms with Crippen LogP contribution in [0.1, 0.15) is 142 Å². The topological polar surface area (TPSA) is 39.9 Å². The first kappa shape index (κ1) is 44.3. The number of hydrogen-bond donors (Lipinski definition) is 0. The maximum atomic E-state index is 6.60. The largest absolute Gasteiger partial charge is 2.00 e. The maximum Gasteiger partial charge on any atom is 2.00 e. The zero-order valence-electron chi connectivity index (χ0n) is 38.8. The Balaban J connectivity index is 0.00000544. The fraction of sp³-hybridized carbons (Fsp3) is 0.491. The van der Waals surface area contributed by atoms with Crippen LogP contribution in [-0.2, 0) is 26.5 Å². The van der Waals surface area contributed by atoms with E-state index < -0.39 is 0 Å². The molecule has 4 nitrogen and oxygen atoms in total. The van der Waals surface area contributed by atoms with Crippen LogP contribution in [0.3, 0.4) is 0 Å². The monoisotopic (exact) mass is 980 g/mol. The molecule has 0 saturated heterocycles. The molecule has 2 fully saturated rings. The van der Waals surface area contributed by atoms with Gasteiger partial charge >= 0.3 is 21.1 Å². The fourth-order valence-electron chi connectivity index (χ4n) is 13.4. The van der Waals surface area contributed by atoms with Crippen molar-refractivity contribution in [3.63, 3.8) is 0 Å².